The van der Waals surface area contributed by atoms with E-state index < -0.39 is 0 Å². The number of carbonyl (C=O) groups is 1. The molecule has 1 heterocycles. The quantitative estimate of drug-likeness (QED) is 0.916. The molecule has 3 nitrogen and oxygen atoms in total. The number of carbonyl (C=O) groups excluding carboxylic acids is 1. The lowest BCUT2D eigenvalue weighted by Gasteiger charge is -2.17. The largest absolute Gasteiger partial charge is 0.348 e. The van der Waals surface area contributed by atoms with Crippen LogP contribution in [0.15, 0.2) is 48.5 Å². The van der Waals surface area contributed by atoms with E-state index in [1.54, 1.807) is 0 Å². The number of hydrogen-bond acceptors (Lipinski definition) is 2. The van der Waals surface area contributed by atoms with Crippen molar-refractivity contribution in [2.24, 2.45) is 0 Å². The molecule has 0 saturated carbocycles. The van der Waals surface area contributed by atoms with Gasteiger partial charge in [0.25, 0.3) is 5.91 Å². The summed E-state index contributed by atoms with van der Waals surface area (Å²) in [7, 11) is 0. The number of rotatable bonds is 5. The number of amides is 1. The smallest absolute Gasteiger partial charge is 0.251 e. The molecule has 0 aliphatic carbocycles. The minimum atomic E-state index is -0.00956. The highest BCUT2D eigenvalue weighted by Crippen LogP contribution is 2.16. The fraction of sp³-hybridized carbons (Fsp3) is 0.350. The molecular weight excluding hydrogens is 284 g/mol. The fourth-order valence-electron chi connectivity index (χ4n) is 3.13. The highest BCUT2D eigenvalue weighted by molar-refractivity contribution is 5.94. The number of nitrogens with zero attached hydrogens (tertiary/aromatic N) is 1. The summed E-state index contributed by atoms with van der Waals surface area (Å²) >= 11 is 0. The van der Waals surface area contributed by atoms with Crippen LogP contribution in [0.2, 0.25) is 0 Å². The van der Waals surface area contributed by atoms with Gasteiger partial charge in [0, 0.05) is 18.7 Å². The van der Waals surface area contributed by atoms with E-state index in [9.17, 15) is 4.79 Å². The van der Waals surface area contributed by atoms with Gasteiger partial charge in [-0.25, -0.2) is 0 Å². The molecule has 1 fully saturated rings. The molecule has 1 N–H and O–H groups in total. The first kappa shape index (κ1) is 15.8. The van der Waals surface area contributed by atoms with E-state index in [2.05, 4.69) is 28.4 Å². The van der Waals surface area contributed by atoms with Gasteiger partial charge in [0.05, 0.1) is 0 Å². The van der Waals surface area contributed by atoms with Gasteiger partial charge in [0.2, 0.25) is 0 Å². The molecule has 3 heteroatoms. The highest BCUT2D eigenvalue weighted by Gasteiger charge is 2.14. The van der Waals surface area contributed by atoms with Crippen LogP contribution >= 0.6 is 0 Å². The Morgan fingerprint density at radius 3 is 2.52 bits per heavy atom. The van der Waals surface area contributed by atoms with Crippen LogP contribution in [0.5, 0.6) is 0 Å². The van der Waals surface area contributed by atoms with Gasteiger partial charge in [0.15, 0.2) is 0 Å². The Morgan fingerprint density at radius 1 is 1.04 bits per heavy atom. The molecule has 120 valence electrons. The van der Waals surface area contributed by atoms with E-state index in [1.165, 1.54) is 37.1 Å². The third-order valence-electron chi connectivity index (χ3n) is 4.43. The van der Waals surface area contributed by atoms with E-state index >= 15 is 0 Å². The Bertz CT molecular complexity index is 675. The van der Waals surface area contributed by atoms with Crippen LogP contribution in [0.25, 0.3) is 0 Å². The average molecular weight is 308 g/mol. The molecule has 1 aliphatic heterocycles. The second-order valence-electron chi connectivity index (χ2n) is 6.30. The van der Waals surface area contributed by atoms with E-state index in [-0.39, 0.29) is 5.91 Å². The molecule has 1 aliphatic rings. The molecule has 1 saturated heterocycles. The van der Waals surface area contributed by atoms with E-state index in [0.717, 1.165) is 17.7 Å². The van der Waals surface area contributed by atoms with Crippen molar-refractivity contribution >= 4 is 5.91 Å². The van der Waals surface area contributed by atoms with E-state index in [4.69, 9.17) is 0 Å². The lowest BCUT2D eigenvalue weighted by atomic mass is 10.1. The Kier molecular flexibility index (Phi) is 5.09. The Balaban J connectivity index is 1.64. The maximum atomic E-state index is 12.3. The van der Waals surface area contributed by atoms with Gasteiger partial charge >= 0.3 is 0 Å². The first-order valence-electron chi connectivity index (χ1n) is 8.36. The van der Waals surface area contributed by atoms with Crippen LogP contribution < -0.4 is 5.32 Å². The number of likely N-dealkylation sites (tertiary alicyclic amines) is 1. The first-order valence-corrected chi connectivity index (χ1v) is 8.36. The van der Waals surface area contributed by atoms with Gasteiger partial charge < -0.3 is 5.32 Å². The zero-order valence-electron chi connectivity index (χ0n) is 13.7. The Labute approximate surface area is 138 Å². The maximum absolute atomic E-state index is 12.3. The minimum Gasteiger partial charge on any atom is -0.348 e. The molecule has 2 aromatic carbocycles. The molecule has 0 spiro atoms. The van der Waals surface area contributed by atoms with Crippen molar-refractivity contribution in [3.8, 4) is 0 Å². The summed E-state index contributed by atoms with van der Waals surface area (Å²) in [5, 5.41) is 3.05. The number of nitrogens with one attached hydrogen (secondary N) is 1. The van der Waals surface area contributed by atoms with Crippen LogP contribution in [0.1, 0.15) is 39.9 Å². The summed E-state index contributed by atoms with van der Waals surface area (Å²) in [5.74, 6) is -0.00956. The maximum Gasteiger partial charge on any atom is 0.251 e. The van der Waals surface area contributed by atoms with Crippen molar-refractivity contribution in [1.29, 1.82) is 0 Å². The summed E-state index contributed by atoms with van der Waals surface area (Å²) in [6.07, 6.45) is 2.60. The lowest BCUT2D eigenvalue weighted by Crippen LogP contribution is -2.25. The van der Waals surface area contributed by atoms with Gasteiger partial charge in [-0.15, -0.1) is 0 Å². The highest BCUT2D eigenvalue weighted by atomic mass is 16.1. The third kappa shape index (κ3) is 4.20. The summed E-state index contributed by atoms with van der Waals surface area (Å²) in [4.78, 5) is 14.8. The molecule has 0 radical (unpaired) electrons. The number of aryl methyl sites for hydroxylation is 1. The fourth-order valence-corrected chi connectivity index (χ4v) is 3.13. The van der Waals surface area contributed by atoms with Crippen molar-refractivity contribution in [1.82, 2.24) is 10.2 Å². The molecular formula is C20H24N2O. The van der Waals surface area contributed by atoms with Crippen LogP contribution in [-0.4, -0.2) is 23.9 Å². The summed E-state index contributed by atoms with van der Waals surface area (Å²) < 4.78 is 0. The Morgan fingerprint density at radius 2 is 1.78 bits per heavy atom. The van der Waals surface area contributed by atoms with E-state index in [0.29, 0.717) is 6.54 Å². The summed E-state index contributed by atoms with van der Waals surface area (Å²) in [5.41, 5.74) is 4.36. The first-order chi connectivity index (χ1) is 11.2. The molecule has 0 unspecified atom stereocenters. The van der Waals surface area contributed by atoms with Gasteiger partial charge in [-0.3, -0.25) is 9.69 Å². The van der Waals surface area contributed by atoms with Gasteiger partial charge in [-0.2, -0.15) is 0 Å². The molecule has 1 amide bonds. The van der Waals surface area contributed by atoms with Crippen molar-refractivity contribution in [3.63, 3.8) is 0 Å². The van der Waals surface area contributed by atoms with Crippen molar-refractivity contribution in [2.45, 2.75) is 32.9 Å². The van der Waals surface area contributed by atoms with Crippen LogP contribution in [-0.2, 0) is 13.1 Å². The summed E-state index contributed by atoms with van der Waals surface area (Å²) in [6, 6.07) is 16.1. The monoisotopic (exact) mass is 308 g/mol. The third-order valence-corrected chi connectivity index (χ3v) is 4.43. The molecule has 0 bridgehead atoms. The standard InChI is InChI=1S/C20H24N2O/c1-16-7-6-10-17(13-16)20(23)21-14-18-8-2-3-9-19(18)15-22-11-4-5-12-22/h2-3,6-10,13H,4-5,11-12,14-15H2,1H3,(H,21,23). The van der Waals surface area contributed by atoms with Crippen molar-refractivity contribution < 1.29 is 4.79 Å². The second kappa shape index (κ2) is 7.42. The van der Waals surface area contributed by atoms with E-state index in [1.807, 2.05) is 37.3 Å². The van der Waals surface area contributed by atoms with Crippen molar-refractivity contribution in [3.05, 3.63) is 70.8 Å². The average Bonchev–Trinajstić information content (AvgIpc) is 3.07. The SMILES string of the molecule is Cc1cccc(C(=O)NCc2ccccc2CN2CCCC2)c1. The normalized spacial score (nSPS) is 14.8. The minimum absolute atomic E-state index is 0.00956. The van der Waals surface area contributed by atoms with Crippen LogP contribution in [0, 0.1) is 6.92 Å². The number of hydrogen-bond donors (Lipinski definition) is 1. The van der Waals surface area contributed by atoms with Gasteiger partial charge in [-0.1, -0.05) is 42.0 Å². The second-order valence-corrected chi connectivity index (χ2v) is 6.30. The zero-order valence-corrected chi connectivity index (χ0v) is 13.7. The van der Waals surface area contributed by atoms with Crippen molar-refractivity contribution in [2.75, 3.05) is 13.1 Å². The zero-order chi connectivity index (χ0) is 16.1. The molecule has 3 rings (SSSR count). The van der Waals surface area contributed by atoms with Gasteiger partial charge in [-0.05, 0) is 56.1 Å². The molecule has 2 aromatic rings. The van der Waals surface area contributed by atoms with Crippen LogP contribution in [0.4, 0.5) is 0 Å². The predicted molar refractivity (Wildman–Crippen MR) is 93.3 cm³/mol. The lowest BCUT2D eigenvalue weighted by molar-refractivity contribution is 0.0950. The molecule has 23 heavy (non-hydrogen) atoms. The topological polar surface area (TPSA) is 32.3 Å². The van der Waals surface area contributed by atoms with Crippen LogP contribution in [0.3, 0.4) is 0 Å². The van der Waals surface area contributed by atoms with Gasteiger partial charge in [0.1, 0.15) is 0 Å². The molecule has 0 aromatic heterocycles. The summed E-state index contributed by atoms with van der Waals surface area (Å²) in [6.45, 7) is 5.93. The predicted octanol–water partition coefficient (Wildman–Crippen LogP) is 3.52. The number of benzene rings is 2. The Hall–Kier alpha value is -2.13. The molecule has 0 atom stereocenters.